The molecule has 0 spiro atoms. The Kier molecular flexibility index (Phi) is 4.46. The van der Waals surface area contributed by atoms with Crippen LogP contribution in [0.25, 0.3) is 0 Å². The standard InChI is InChI=1S/C16H26N2O/c1-11(2)14-5-7-18(8-6-14)10-16(19)15-9-12(3)17-13(15)4/h9,11,14,17H,5-8,10H2,1-4H3. The summed E-state index contributed by atoms with van der Waals surface area (Å²) in [6.45, 7) is 11.3. The van der Waals surface area contributed by atoms with E-state index in [1.807, 2.05) is 19.9 Å². The molecule has 0 aliphatic carbocycles. The lowest BCUT2D eigenvalue weighted by atomic mass is 9.86. The van der Waals surface area contributed by atoms with Gasteiger partial charge < -0.3 is 4.98 Å². The van der Waals surface area contributed by atoms with Crippen molar-refractivity contribution >= 4 is 5.78 Å². The van der Waals surface area contributed by atoms with Crippen molar-refractivity contribution in [1.29, 1.82) is 0 Å². The summed E-state index contributed by atoms with van der Waals surface area (Å²) in [5.74, 6) is 1.86. The quantitative estimate of drug-likeness (QED) is 0.846. The molecule has 0 aromatic carbocycles. The number of carbonyl (C=O) groups excluding carboxylic acids is 1. The minimum atomic E-state index is 0.254. The second-order valence-electron chi connectivity index (χ2n) is 6.27. The van der Waals surface area contributed by atoms with E-state index in [9.17, 15) is 4.79 Å². The molecule has 0 unspecified atom stereocenters. The number of rotatable bonds is 4. The topological polar surface area (TPSA) is 36.1 Å². The molecule has 1 aliphatic rings. The zero-order chi connectivity index (χ0) is 14.0. The zero-order valence-electron chi connectivity index (χ0n) is 12.6. The molecular formula is C16H26N2O. The minimum Gasteiger partial charge on any atom is -0.362 e. The monoisotopic (exact) mass is 262 g/mol. The second kappa shape index (κ2) is 5.91. The molecule has 3 nitrogen and oxygen atoms in total. The molecule has 1 aliphatic heterocycles. The molecule has 0 atom stereocenters. The van der Waals surface area contributed by atoms with Gasteiger partial charge in [0, 0.05) is 17.0 Å². The van der Waals surface area contributed by atoms with Gasteiger partial charge in [0.2, 0.25) is 0 Å². The molecule has 2 rings (SSSR count). The number of aromatic amines is 1. The zero-order valence-corrected chi connectivity index (χ0v) is 12.6. The molecule has 1 N–H and O–H groups in total. The highest BCUT2D eigenvalue weighted by Gasteiger charge is 2.23. The smallest absolute Gasteiger partial charge is 0.178 e. The number of hydrogen-bond donors (Lipinski definition) is 1. The highest BCUT2D eigenvalue weighted by molar-refractivity contribution is 5.98. The molecule has 19 heavy (non-hydrogen) atoms. The highest BCUT2D eigenvalue weighted by Crippen LogP contribution is 2.24. The second-order valence-corrected chi connectivity index (χ2v) is 6.27. The van der Waals surface area contributed by atoms with Crippen molar-refractivity contribution in [3.05, 3.63) is 23.0 Å². The molecule has 1 aromatic rings. The Morgan fingerprint density at radius 3 is 2.47 bits per heavy atom. The molecule has 106 valence electrons. The van der Waals surface area contributed by atoms with E-state index >= 15 is 0 Å². The molecule has 3 heteroatoms. The van der Waals surface area contributed by atoms with Crippen LogP contribution in [0.1, 0.15) is 48.4 Å². The van der Waals surface area contributed by atoms with E-state index in [-0.39, 0.29) is 5.78 Å². The summed E-state index contributed by atoms with van der Waals surface area (Å²) in [6.07, 6.45) is 2.46. The molecule has 0 radical (unpaired) electrons. The molecule has 2 heterocycles. The Bertz CT molecular complexity index is 440. The maximum Gasteiger partial charge on any atom is 0.178 e. The Morgan fingerprint density at radius 1 is 1.37 bits per heavy atom. The number of ketones is 1. The molecule has 0 bridgehead atoms. The van der Waals surface area contributed by atoms with E-state index in [1.54, 1.807) is 0 Å². The summed E-state index contributed by atoms with van der Waals surface area (Å²) in [7, 11) is 0. The van der Waals surface area contributed by atoms with Crippen LogP contribution < -0.4 is 0 Å². The molecule has 1 fully saturated rings. The van der Waals surface area contributed by atoms with Gasteiger partial charge in [-0.05, 0) is 57.7 Å². The number of H-pyrrole nitrogens is 1. The fraction of sp³-hybridized carbons (Fsp3) is 0.688. The Labute approximate surface area is 116 Å². The third kappa shape index (κ3) is 3.47. The van der Waals surface area contributed by atoms with Gasteiger partial charge in [-0.3, -0.25) is 9.69 Å². The summed E-state index contributed by atoms with van der Waals surface area (Å²) in [6, 6.07) is 1.97. The van der Waals surface area contributed by atoms with Crippen LogP contribution in [0.3, 0.4) is 0 Å². The van der Waals surface area contributed by atoms with E-state index in [0.717, 1.165) is 41.9 Å². The van der Waals surface area contributed by atoms with Crippen LogP contribution in [0.4, 0.5) is 0 Å². The Balaban J connectivity index is 1.89. The van der Waals surface area contributed by atoms with Gasteiger partial charge >= 0.3 is 0 Å². The Morgan fingerprint density at radius 2 is 2.00 bits per heavy atom. The van der Waals surface area contributed by atoms with Gasteiger partial charge in [0.1, 0.15) is 0 Å². The first-order valence-electron chi connectivity index (χ1n) is 7.39. The summed E-state index contributed by atoms with van der Waals surface area (Å²) in [5, 5.41) is 0. The van der Waals surface area contributed by atoms with E-state index in [2.05, 4.69) is 23.7 Å². The van der Waals surface area contributed by atoms with Crippen molar-refractivity contribution in [2.75, 3.05) is 19.6 Å². The number of piperidine rings is 1. The molecule has 1 aromatic heterocycles. The van der Waals surface area contributed by atoms with E-state index in [1.165, 1.54) is 12.8 Å². The van der Waals surface area contributed by atoms with Crippen LogP contribution in [0.5, 0.6) is 0 Å². The van der Waals surface area contributed by atoms with Crippen molar-refractivity contribution in [2.24, 2.45) is 11.8 Å². The number of aryl methyl sites for hydroxylation is 2. The summed E-state index contributed by atoms with van der Waals surface area (Å²) in [5.41, 5.74) is 2.93. The third-order valence-electron chi connectivity index (χ3n) is 4.39. The van der Waals surface area contributed by atoms with Crippen LogP contribution in [-0.2, 0) is 0 Å². The van der Waals surface area contributed by atoms with Crippen molar-refractivity contribution in [3.8, 4) is 0 Å². The van der Waals surface area contributed by atoms with Crippen LogP contribution in [-0.4, -0.2) is 35.3 Å². The molecule has 1 saturated heterocycles. The average molecular weight is 262 g/mol. The number of aromatic nitrogens is 1. The number of Topliss-reactive ketones (excluding diaryl/α,β-unsaturated/α-hetero) is 1. The number of hydrogen-bond acceptors (Lipinski definition) is 2. The predicted octanol–water partition coefficient (Wildman–Crippen LogP) is 3.18. The maximum atomic E-state index is 12.3. The van der Waals surface area contributed by atoms with Crippen LogP contribution in [0.15, 0.2) is 6.07 Å². The van der Waals surface area contributed by atoms with Crippen LogP contribution in [0.2, 0.25) is 0 Å². The number of carbonyl (C=O) groups is 1. The summed E-state index contributed by atoms with van der Waals surface area (Å²) >= 11 is 0. The highest BCUT2D eigenvalue weighted by atomic mass is 16.1. The fourth-order valence-electron chi connectivity index (χ4n) is 3.08. The SMILES string of the molecule is Cc1cc(C(=O)CN2CCC(C(C)C)CC2)c(C)[nH]1. The van der Waals surface area contributed by atoms with Crippen molar-refractivity contribution in [3.63, 3.8) is 0 Å². The van der Waals surface area contributed by atoms with E-state index < -0.39 is 0 Å². The van der Waals surface area contributed by atoms with Crippen LogP contribution in [0, 0.1) is 25.7 Å². The minimum absolute atomic E-state index is 0.254. The lowest BCUT2D eigenvalue weighted by Crippen LogP contribution is -2.38. The van der Waals surface area contributed by atoms with Gasteiger partial charge in [-0.25, -0.2) is 0 Å². The first-order chi connectivity index (χ1) is 8.97. The van der Waals surface area contributed by atoms with Crippen molar-refractivity contribution < 1.29 is 4.79 Å². The predicted molar refractivity (Wildman–Crippen MR) is 78.6 cm³/mol. The van der Waals surface area contributed by atoms with Gasteiger partial charge in [0.25, 0.3) is 0 Å². The van der Waals surface area contributed by atoms with Gasteiger partial charge in [-0.1, -0.05) is 13.8 Å². The largest absolute Gasteiger partial charge is 0.362 e. The first kappa shape index (κ1) is 14.3. The van der Waals surface area contributed by atoms with Gasteiger partial charge in [-0.2, -0.15) is 0 Å². The summed E-state index contributed by atoms with van der Waals surface area (Å²) in [4.78, 5) is 17.8. The lowest BCUT2D eigenvalue weighted by molar-refractivity contribution is 0.0879. The number of nitrogens with one attached hydrogen (secondary N) is 1. The van der Waals surface area contributed by atoms with Gasteiger partial charge in [0.05, 0.1) is 6.54 Å². The molecule has 0 amide bonds. The maximum absolute atomic E-state index is 12.3. The van der Waals surface area contributed by atoms with E-state index in [0.29, 0.717) is 6.54 Å². The average Bonchev–Trinajstić information content (AvgIpc) is 2.69. The van der Waals surface area contributed by atoms with Crippen molar-refractivity contribution in [2.45, 2.75) is 40.5 Å². The third-order valence-corrected chi connectivity index (χ3v) is 4.39. The lowest BCUT2D eigenvalue weighted by Gasteiger charge is -2.33. The number of likely N-dealkylation sites (tertiary alicyclic amines) is 1. The van der Waals surface area contributed by atoms with Crippen molar-refractivity contribution in [1.82, 2.24) is 9.88 Å². The first-order valence-corrected chi connectivity index (χ1v) is 7.39. The molecular weight excluding hydrogens is 236 g/mol. The number of nitrogens with zero attached hydrogens (tertiary/aromatic N) is 1. The Hall–Kier alpha value is -1.09. The van der Waals surface area contributed by atoms with Gasteiger partial charge in [0.15, 0.2) is 5.78 Å². The van der Waals surface area contributed by atoms with Crippen LogP contribution >= 0.6 is 0 Å². The molecule has 0 saturated carbocycles. The van der Waals surface area contributed by atoms with E-state index in [4.69, 9.17) is 0 Å². The van der Waals surface area contributed by atoms with Gasteiger partial charge in [-0.15, -0.1) is 0 Å². The fourth-order valence-corrected chi connectivity index (χ4v) is 3.08. The normalized spacial score (nSPS) is 18.2. The summed E-state index contributed by atoms with van der Waals surface area (Å²) < 4.78 is 0.